The van der Waals surface area contributed by atoms with Gasteiger partial charge in [0.2, 0.25) is 0 Å². The predicted molar refractivity (Wildman–Crippen MR) is 88.8 cm³/mol. The molecule has 2 aromatic heterocycles. The zero-order valence-corrected chi connectivity index (χ0v) is 14.4. The van der Waals surface area contributed by atoms with Gasteiger partial charge in [0.15, 0.2) is 11.2 Å². The predicted octanol–water partition coefficient (Wildman–Crippen LogP) is 1.20. The maximum absolute atomic E-state index is 10.2. The van der Waals surface area contributed by atoms with Crippen molar-refractivity contribution in [2.75, 3.05) is 5.75 Å². The molecule has 130 valence electrons. The molecule has 0 saturated carbocycles. The normalized spacial score (nSPS) is 27.2. The summed E-state index contributed by atoms with van der Waals surface area (Å²) in [6.07, 6.45) is -1.74. The van der Waals surface area contributed by atoms with Gasteiger partial charge < -0.3 is 24.6 Å². The second-order valence-electron chi connectivity index (χ2n) is 5.87. The van der Waals surface area contributed by atoms with E-state index in [1.165, 1.54) is 11.8 Å². The molecule has 3 N–H and O–H groups in total. The molecule has 3 rings (SSSR count). The topological polar surface area (TPSA) is 109 Å². The number of hydrogen-bond donors (Lipinski definition) is 3. The maximum atomic E-state index is 10.2. The number of hydrogen-bond acceptors (Lipinski definition) is 8. The van der Waals surface area contributed by atoms with Gasteiger partial charge in [-0.15, -0.1) is 11.8 Å². The van der Waals surface area contributed by atoms with E-state index in [1.54, 1.807) is 13.1 Å². The fraction of sp³-hybridized carbons (Fsp3) is 0.500. The first-order valence-corrected chi connectivity index (χ1v) is 8.66. The van der Waals surface area contributed by atoms with E-state index in [0.717, 1.165) is 11.1 Å². The van der Waals surface area contributed by atoms with Crippen molar-refractivity contribution in [2.45, 2.75) is 44.5 Å². The number of aryl methyl sites for hydroxylation is 3. The molecule has 3 heterocycles. The third kappa shape index (κ3) is 3.02. The SMILES string of the molecule is Cc1ccnc(-c2c(C)noc2C)c1O[C@@H]1SC[C@@H](O)[C@H](O)[C@H]1O. The summed E-state index contributed by atoms with van der Waals surface area (Å²) in [4.78, 5) is 4.40. The zero-order chi connectivity index (χ0) is 17.4. The van der Waals surface area contributed by atoms with Crippen molar-refractivity contribution < 1.29 is 24.6 Å². The number of aromatic nitrogens is 2. The van der Waals surface area contributed by atoms with Crippen molar-refractivity contribution in [1.29, 1.82) is 0 Å². The van der Waals surface area contributed by atoms with Crippen LogP contribution < -0.4 is 4.74 Å². The van der Waals surface area contributed by atoms with E-state index in [-0.39, 0.29) is 5.75 Å². The molecule has 1 aliphatic rings. The molecule has 4 atom stereocenters. The molecule has 0 bridgehead atoms. The number of pyridine rings is 1. The molecule has 1 saturated heterocycles. The summed E-state index contributed by atoms with van der Waals surface area (Å²) < 4.78 is 11.2. The third-order valence-corrected chi connectivity index (χ3v) is 5.30. The lowest BCUT2D eigenvalue weighted by molar-refractivity contribution is -0.0786. The molecule has 0 aromatic carbocycles. The van der Waals surface area contributed by atoms with Crippen molar-refractivity contribution in [3.63, 3.8) is 0 Å². The molecule has 1 aliphatic heterocycles. The highest BCUT2D eigenvalue weighted by molar-refractivity contribution is 7.99. The summed E-state index contributed by atoms with van der Waals surface area (Å²) in [6, 6.07) is 1.81. The van der Waals surface area contributed by atoms with E-state index in [9.17, 15) is 15.3 Å². The van der Waals surface area contributed by atoms with Gasteiger partial charge in [0.05, 0.1) is 17.4 Å². The lowest BCUT2D eigenvalue weighted by atomic mass is 10.1. The van der Waals surface area contributed by atoms with Crippen LogP contribution in [0.25, 0.3) is 11.3 Å². The average molecular weight is 352 g/mol. The second kappa shape index (κ2) is 6.72. The molecule has 0 unspecified atom stereocenters. The Hall–Kier alpha value is -1.61. The van der Waals surface area contributed by atoms with Crippen LogP contribution in [0.15, 0.2) is 16.8 Å². The Bertz CT molecular complexity index is 716. The zero-order valence-electron chi connectivity index (χ0n) is 13.6. The molecule has 2 aromatic rings. The summed E-state index contributed by atoms with van der Waals surface area (Å²) in [6.45, 7) is 5.50. The van der Waals surface area contributed by atoms with E-state index in [1.807, 2.05) is 19.9 Å². The highest BCUT2D eigenvalue weighted by atomic mass is 32.2. The molecule has 0 aliphatic carbocycles. The van der Waals surface area contributed by atoms with Gasteiger partial charge >= 0.3 is 0 Å². The molecule has 0 spiro atoms. The number of nitrogens with zero attached hydrogens (tertiary/aromatic N) is 2. The monoisotopic (exact) mass is 352 g/mol. The minimum atomic E-state index is -1.24. The van der Waals surface area contributed by atoms with E-state index >= 15 is 0 Å². The molecule has 0 radical (unpaired) electrons. The van der Waals surface area contributed by atoms with Crippen molar-refractivity contribution in [3.05, 3.63) is 29.3 Å². The molecule has 1 fully saturated rings. The van der Waals surface area contributed by atoms with Crippen LogP contribution in [-0.4, -0.2) is 55.0 Å². The summed E-state index contributed by atoms with van der Waals surface area (Å²) in [5.41, 5.74) is 2.17. The summed E-state index contributed by atoms with van der Waals surface area (Å²) >= 11 is 1.25. The molecular weight excluding hydrogens is 332 g/mol. The number of aliphatic hydroxyl groups excluding tert-OH is 3. The van der Waals surface area contributed by atoms with Crippen LogP contribution in [0.4, 0.5) is 0 Å². The Kier molecular flexibility index (Phi) is 4.82. The first kappa shape index (κ1) is 17.2. The Morgan fingerprint density at radius 1 is 1.21 bits per heavy atom. The number of rotatable bonds is 3. The molecule has 7 nitrogen and oxygen atoms in total. The maximum Gasteiger partial charge on any atom is 0.173 e. The largest absolute Gasteiger partial charge is 0.474 e. The third-order valence-electron chi connectivity index (χ3n) is 4.06. The second-order valence-corrected chi connectivity index (χ2v) is 7.00. The van der Waals surface area contributed by atoms with Crippen LogP contribution in [0.1, 0.15) is 17.0 Å². The van der Waals surface area contributed by atoms with Gasteiger partial charge in [-0.25, -0.2) is 0 Å². The molecule has 24 heavy (non-hydrogen) atoms. The fourth-order valence-electron chi connectivity index (χ4n) is 2.69. The molecular formula is C16H20N2O5S. The quantitative estimate of drug-likeness (QED) is 0.756. The Balaban J connectivity index is 1.97. The molecule has 0 amide bonds. The van der Waals surface area contributed by atoms with Crippen molar-refractivity contribution in [1.82, 2.24) is 10.1 Å². The van der Waals surface area contributed by atoms with Crippen LogP contribution >= 0.6 is 11.8 Å². The standard InChI is InChI=1S/C16H20N2O5S/c1-7-4-5-17-12(11-8(2)18-23-9(11)3)15(7)22-16-14(21)13(20)10(19)6-24-16/h4-5,10,13-14,16,19-21H,6H2,1-3H3/t10-,13+,14-,16-/m1/s1. The van der Waals surface area contributed by atoms with E-state index in [2.05, 4.69) is 10.1 Å². The lowest BCUT2D eigenvalue weighted by Crippen LogP contribution is -2.50. The van der Waals surface area contributed by atoms with Crippen molar-refractivity contribution in [2.24, 2.45) is 0 Å². The Morgan fingerprint density at radius 2 is 1.96 bits per heavy atom. The van der Waals surface area contributed by atoms with Gasteiger partial charge in [0.1, 0.15) is 23.7 Å². The van der Waals surface area contributed by atoms with Gasteiger partial charge in [0.25, 0.3) is 0 Å². The minimum absolute atomic E-state index is 0.281. The van der Waals surface area contributed by atoms with E-state index in [4.69, 9.17) is 9.26 Å². The van der Waals surface area contributed by atoms with Crippen molar-refractivity contribution in [3.8, 4) is 17.0 Å². The van der Waals surface area contributed by atoms with Crippen LogP contribution in [0.5, 0.6) is 5.75 Å². The van der Waals surface area contributed by atoms with Crippen LogP contribution in [0.3, 0.4) is 0 Å². The number of thioether (sulfide) groups is 1. The summed E-state index contributed by atoms with van der Waals surface area (Å²) in [5, 5.41) is 33.6. The van der Waals surface area contributed by atoms with Crippen LogP contribution in [-0.2, 0) is 0 Å². The smallest absolute Gasteiger partial charge is 0.173 e. The van der Waals surface area contributed by atoms with E-state index in [0.29, 0.717) is 22.9 Å². The Morgan fingerprint density at radius 3 is 2.62 bits per heavy atom. The lowest BCUT2D eigenvalue weighted by Gasteiger charge is -2.35. The Labute approximate surface area is 143 Å². The number of aliphatic hydroxyl groups is 3. The van der Waals surface area contributed by atoms with Gasteiger partial charge in [-0.05, 0) is 32.4 Å². The van der Waals surface area contributed by atoms with Gasteiger partial charge in [-0.2, -0.15) is 0 Å². The fourth-order valence-corrected chi connectivity index (χ4v) is 3.80. The van der Waals surface area contributed by atoms with Gasteiger partial charge in [0, 0.05) is 11.9 Å². The first-order valence-electron chi connectivity index (χ1n) is 7.61. The average Bonchev–Trinajstić information content (AvgIpc) is 2.88. The highest BCUT2D eigenvalue weighted by Crippen LogP contribution is 2.38. The summed E-state index contributed by atoms with van der Waals surface area (Å²) in [7, 11) is 0. The number of ether oxygens (including phenoxy) is 1. The first-order chi connectivity index (χ1) is 11.4. The summed E-state index contributed by atoms with van der Waals surface area (Å²) in [5.74, 6) is 1.41. The highest BCUT2D eigenvalue weighted by Gasteiger charge is 2.39. The van der Waals surface area contributed by atoms with Gasteiger partial charge in [-0.1, -0.05) is 5.16 Å². The van der Waals surface area contributed by atoms with Crippen LogP contribution in [0.2, 0.25) is 0 Å². The van der Waals surface area contributed by atoms with Crippen LogP contribution in [0, 0.1) is 20.8 Å². The molecule has 8 heteroatoms. The van der Waals surface area contributed by atoms with Gasteiger partial charge in [-0.3, -0.25) is 4.98 Å². The van der Waals surface area contributed by atoms with E-state index < -0.39 is 23.7 Å². The minimum Gasteiger partial charge on any atom is -0.474 e. The van der Waals surface area contributed by atoms with Crippen molar-refractivity contribution >= 4 is 11.8 Å².